The third kappa shape index (κ3) is 4.19. The standard InChI is InChI=1S/C17H19F3O/c1-12(11-13-5-3-2-4-6-13)16(21)14-7-9-15(10-8-14)17(18,19)20/h7-11,13H,2-6H2,1H3/b12-11+. The Kier molecular flexibility index (Phi) is 4.86. The van der Waals surface area contributed by atoms with E-state index in [0.717, 1.165) is 25.0 Å². The first kappa shape index (κ1) is 15.8. The minimum Gasteiger partial charge on any atom is -0.289 e. The van der Waals surface area contributed by atoms with Gasteiger partial charge in [0, 0.05) is 5.56 Å². The van der Waals surface area contributed by atoms with E-state index in [0.29, 0.717) is 17.1 Å². The number of Topliss-reactive ketones (excluding diaryl/α,β-unsaturated/α-hetero) is 1. The fraction of sp³-hybridized carbons (Fsp3) is 0.471. The van der Waals surface area contributed by atoms with Crippen LogP contribution < -0.4 is 0 Å². The van der Waals surface area contributed by atoms with Crippen LogP contribution in [0.1, 0.15) is 54.9 Å². The molecule has 2 rings (SSSR count). The van der Waals surface area contributed by atoms with Crippen LogP contribution in [0.5, 0.6) is 0 Å². The van der Waals surface area contributed by atoms with Crippen molar-refractivity contribution in [2.24, 2.45) is 5.92 Å². The van der Waals surface area contributed by atoms with Crippen LogP contribution in [0.15, 0.2) is 35.9 Å². The number of alkyl halides is 3. The highest BCUT2D eigenvalue weighted by atomic mass is 19.4. The molecule has 0 aliphatic heterocycles. The van der Waals surface area contributed by atoms with Gasteiger partial charge in [0.25, 0.3) is 0 Å². The predicted octanol–water partition coefficient (Wildman–Crippen LogP) is 5.41. The van der Waals surface area contributed by atoms with Gasteiger partial charge in [0.05, 0.1) is 5.56 Å². The number of halogens is 3. The molecule has 1 aliphatic rings. The highest BCUT2D eigenvalue weighted by Gasteiger charge is 2.30. The minimum atomic E-state index is -4.37. The summed E-state index contributed by atoms with van der Waals surface area (Å²) in [6.45, 7) is 1.74. The molecular weight excluding hydrogens is 277 g/mol. The van der Waals surface area contributed by atoms with Gasteiger partial charge < -0.3 is 0 Å². The maximum atomic E-state index is 12.5. The molecule has 0 amide bonds. The third-order valence-corrected chi connectivity index (χ3v) is 3.97. The maximum absolute atomic E-state index is 12.5. The number of hydrogen-bond donors (Lipinski definition) is 0. The molecule has 0 unspecified atom stereocenters. The van der Waals surface area contributed by atoms with Crippen molar-refractivity contribution in [3.8, 4) is 0 Å². The lowest BCUT2D eigenvalue weighted by molar-refractivity contribution is -0.137. The van der Waals surface area contributed by atoms with Gasteiger partial charge in [0.15, 0.2) is 5.78 Å². The summed E-state index contributed by atoms with van der Waals surface area (Å²) in [5, 5.41) is 0. The maximum Gasteiger partial charge on any atom is 0.416 e. The highest BCUT2D eigenvalue weighted by molar-refractivity contribution is 6.08. The molecular formula is C17H19F3O. The number of rotatable bonds is 3. The van der Waals surface area contributed by atoms with E-state index in [-0.39, 0.29) is 5.78 Å². The monoisotopic (exact) mass is 296 g/mol. The Labute approximate surface area is 122 Å². The van der Waals surface area contributed by atoms with Gasteiger partial charge in [-0.3, -0.25) is 4.79 Å². The zero-order valence-electron chi connectivity index (χ0n) is 12.0. The molecule has 0 aromatic heterocycles. The number of hydrogen-bond acceptors (Lipinski definition) is 1. The summed E-state index contributed by atoms with van der Waals surface area (Å²) < 4.78 is 37.5. The Morgan fingerprint density at radius 1 is 1.10 bits per heavy atom. The summed E-state index contributed by atoms with van der Waals surface area (Å²) in [6, 6.07) is 4.43. The van der Waals surface area contributed by atoms with Gasteiger partial charge in [-0.05, 0) is 43.4 Å². The van der Waals surface area contributed by atoms with E-state index in [1.165, 1.54) is 31.4 Å². The molecule has 0 bridgehead atoms. The first-order chi connectivity index (χ1) is 9.88. The van der Waals surface area contributed by atoms with E-state index >= 15 is 0 Å². The lowest BCUT2D eigenvalue weighted by Gasteiger charge is -2.18. The molecule has 0 heterocycles. The molecule has 4 heteroatoms. The molecule has 114 valence electrons. The van der Waals surface area contributed by atoms with E-state index in [9.17, 15) is 18.0 Å². The number of ketones is 1. The van der Waals surface area contributed by atoms with Crippen molar-refractivity contribution >= 4 is 5.78 Å². The molecule has 0 atom stereocenters. The second-order valence-electron chi connectivity index (χ2n) is 5.65. The van der Waals surface area contributed by atoms with Gasteiger partial charge in [0.1, 0.15) is 0 Å². The van der Waals surface area contributed by atoms with Crippen LogP contribution in [-0.2, 0) is 6.18 Å². The molecule has 1 saturated carbocycles. The molecule has 0 N–H and O–H groups in total. The normalized spacial score (nSPS) is 17.8. The van der Waals surface area contributed by atoms with Crippen molar-refractivity contribution in [1.82, 2.24) is 0 Å². The average molecular weight is 296 g/mol. The Bertz CT molecular complexity index is 520. The van der Waals surface area contributed by atoms with Crippen LogP contribution in [-0.4, -0.2) is 5.78 Å². The van der Waals surface area contributed by atoms with Crippen LogP contribution in [0, 0.1) is 5.92 Å². The Morgan fingerprint density at radius 2 is 1.67 bits per heavy atom. The smallest absolute Gasteiger partial charge is 0.289 e. The fourth-order valence-corrected chi connectivity index (χ4v) is 2.77. The summed E-state index contributed by atoms with van der Waals surface area (Å²) in [7, 11) is 0. The Balaban J connectivity index is 2.10. The van der Waals surface area contributed by atoms with Gasteiger partial charge in [0.2, 0.25) is 0 Å². The quantitative estimate of drug-likeness (QED) is 0.538. The number of carbonyl (C=O) groups excluding carboxylic acids is 1. The summed E-state index contributed by atoms with van der Waals surface area (Å²) in [6.07, 6.45) is 3.42. The van der Waals surface area contributed by atoms with E-state index in [1.54, 1.807) is 6.92 Å². The third-order valence-electron chi connectivity index (χ3n) is 3.97. The van der Waals surface area contributed by atoms with Gasteiger partial charge in [-0.1, -0.05) is 37.5 Å². The number of allylic oxidation sites excluding steroid dienone is 2. The van der Waals surface area contributed by atoms with Gasteiger partial charge in [-0.15, -0.1) is 0 Å². The topological polar surface area (TPSA) is 17.1 Å². The largest absolute Gasteiger partial charge is 0.416 e. The molecule has 0 spiro atoms. The molecule has 1 aromatic rings. The molecule has 1 aromatic carbocycles. The van der Waals surface area contributed by atoms with E-state index in [4.69, 9.17) is 0 Å². The second-order valence-corrected chi connectivity index (χ2v) is 5.65. The van der Waals surface area contributed by atoms with Gasteiger partial charge in [-0.25, -0.2) is 0 Å². The number of carbonyl (C=O) groups is 1. The van der Waals surface area contributed by atoms with Crippen LogP contribution in [0.25, 0.3) is 0 Å². The summed E-state index contributed by atoms with van der Waals surface area (Å²) in [5.41, 5.74) is 0.210. The van der Waals surface area contributed by atoms with Gasteiger partial charge in [-0.2, -0.15) is 13.2 Å². The predicted molar refractivity (Wildman–Crippen MR) is 76.1 cm³/mol. The summed E-state index contributed by atoms with van der Waals surface area (Å²) in [4.78, 5) is 12.2. The molecule has 0 radical (unpaired) electrons. The zero-order valence-corrected chi connectivity index (χ0v) is 12.0. The Morgan fingerprint density at radius 3 is 2.19 bits per heavy atom. The van der Waals surface area contributed by atoms with Crippen LogP contribution in [0.2, 0.25) is 0 Å². The second kappa shape index (κ2) is 6.46. The van der Waals surface area contributed by atoms with E-state index < -0.39 is 11.7 Å². The summed E-state index contributed by atoms with van der Waals surface area (Å²) in [5.74, 6) is 0.242. The first-order valence-corrected chi connectivity index (χ1v) is 7.28. The summed E-state index contributed by atoms with van der Waals surface area (Å²) >= 11 is 0. The first-order valence-electron chi connectivity index (χ1n) is 7.28. The SMILES string of the molecule is C/C(=C\C1CCCCC1)C(=O)c1ccc(C(F)(F)F)cc1. The molecule has 21 heavy (non-hydrogen) atoms. The van der Waals surface area contributed by atoms with Crippen molar-refractivity contribution in [2.75, 3.05) is 0 Å². The lowest BCUT2D eigenvalue weighted by atomic mass is 9.87. The lowest BCUT2D eigenvalue weighted by Crippen LogP contribution is -2.08. The molecule has 0 saturated heterocycles. The Hall–Kier alpha value is -1.58. The van der Waals surface area contributed by atoms with Crippen molar-refractivity contribution in [2.45, 2.75) is 45.2 Å². The van der Waals surface area contributed by atoms with Crippen molar-refractivity contribution in [1.29, 1.82) is 0 Å². The molecule has 1 fully saturated rings. The van der Waals surface area contributed by atoms with Gasteiger partial charge >= 0.3 is 6.18 Å². The minimum absolute atomic E-state index is 0.186. The molecule has 1 nitrogen and oxygen atoms in total. The van der Waals surface area contributed by atoms with Crippen molar-refractivity contribution in [3.05, 3.63) is 47.0 Å². The molecule has 1 aliphatic carbocycles. The number of benzene rings is 1. The zero-order chi connectivity index (χ0) is 15.5. The van der Waals surface area contributed by atoms with E-state index in [1.807, 2.05) is 6.08 Å². The highest BCUT2D eigenvalue weighted by Crippen LogP contribution is 2.30. The van der Waals surface area contributed by atoms with Crippen molar-refractivity contribution in [3.63, 3.8) is 0 Å². The van der Waals surface area contributed by atoms with Crippen molar-refractivity contribution < 1.29 is 18.0 Å². The van der Waals surface area contributed by atoms with E-state index in [2.05, 4.69) is 0 Å². The van der Waals surface area contributed by atoms with Crippen LogP contribution in [0.4, 0.5) is 13.2 Å². The fourth-order valence-electron chi connectivity index (χ4n) is 2.77. The van der Waals surface area contributed by atoms with Crippen LogP contribution in [0.3, 0.4) is 0 Å². The average Bonchev–Trinajstić information content (AvgIpc) is 2.46. The van der Waals surface area contributed by atoms with Crippen LogP contribution >= 0.6 is 0 Å².